The maximum absolute atomic E-state index is 12.1. The lowest BCUT2D eigenvalue weighted by Crippen LogP contribution is -2.36. The molecule has 1 aromatic rings. The van der Waals surface area contributed by atoms with Crippen molar-refractivity contribution >= 4 is 5.97 Å². The molecule has 0 amide bonds. The molecule has 1 aliphatic rings. The normalized spacial score (nSPS) is 23.6. The fourth-order valence-electron chi connectivity index (χ4n) is 3.49. The smallest absolute Gasteiger partial charge is 0.332 e. The molecule has 0 saturated heterocycles. The van der Waals surface area contributed by atoms with Crippen LogP contribution < -0.4 is 0 Å². The standard InChI is InChI=1S/C21H32O4/c1-16(2)19-10-9-17(3)13-20(19)25-21(22)15-24-12-11-23-14-18-7-5-4-6-8-18/h4-8,16-17,19-20H,9-15H2,1-3H3/t17-,19?,20?/m1/s1. The van der Waals surface area contributed by atoms with Gasteiger partial charge >= 0.3 is 5.97 Å². The molecule has 4 nitrogen and oxygen atoms in total. The molecule has 1 saturated carbocycles. The van der Waals surface area contributed by atoms with Crippen molar-refractivity contribution in [2.24, 2.45) is 17.8 Å². The lowest BCUT2D eigenvalue weighted by molar-refractivity contribution is -0.161. The molecule has 0 radical (unpaired) electrons. The molecule has 3 atom stereocenters. The van der Waals surface area contributed by atoms with Gasteiger partial charge in [-0.05, 0) is 36.2 Å². The number of benzene rings is 1. The summed E-state index contributed by atoms with van der Waals surface area (Å²) in [5, 5.41) is 0. The zero-order valence-corrected chi connectivity index (χ0v) is 15.8. The summed E-state index contributed by atoms with van der Waals surface area (Å²) in [6.07, 6.45) is 3.38. The number of carbonyl (C=O) groups excluding carboxylic acids is 1. The molecule has 25 heavy (non-hydrogen) atoms. The zero-order valence-electron chi connectivity index (χ0n) is 15.8. The third kappa shape index (κ3) is 7.17. The van der Waals surface area contributed by atoms with Gasteiger partial charge in [-0.2, -0.15) is 0 Å². The van der Waals surface area contributed by atoms with Gasteiger partial charge in [0, 0.05) is 0 Å². The Morgan fingerprint density at radius 2 is 1.84 bits per heavy atom. The molecule has 0 spiro atoms. The highest BCUT2D eigenvalue weighted by molar-refractivity contribution is 5.70. The van der Waals surface area contributed by atoms with Gasteiger partial charge in [0.15, 0.2) is 0 Å². The minimum atomic E-state index is -0.257. The van der Waals surface area contributed by atoms with Crippen molar-refractivity contribution < 1.29 is 19.0 Å². The number of rotatable bonds is 9. The highest BCUT2D eigenvalue weighted by atomic mass is 16.6. The summed E-state index contributed by atoms with van der Waals surface area (Å²) in [6.45, 7) is 8.09. The Balaban J connectivity index is 1.59. The average molecular weight is 348 g/mol. The molecule has 0 aliphatic heterocycles. The summed E-state index contributed by atoms with van der Waals surface area (Å²) in [5.74, 6) is 1.37. The van der Waals surface area contributed by atoms with Gasteiger partial charge in [-0.25, -0.2) is 4.79 Å². The lowest BCUT2D eigenvalue weighted by Gasteiger charge is -2.36. The van der Waals surface area contributed by atoms with Crippen LogP contribution in [-0.4, -0.2) is 31.9 Å². The van der Waals surface area contributed by atoms with Crippen LogP contribution in [0.1, 0.15) is 45.6 Å². The molecule has 1 aliphatic carbocycles. The molecule has 140 valence electrons. The highest BCUT2D eigenvalue weighted by Crippen LogP contribution is 2.35. The van der Waals surface area contributed by atoms with Gasteiger partial charge in [-0.1, -0.05) is 57.5 Å². The van der Waals surface area contributed by atoms with Crippen molar-refractivity contribution in [3.8, 4) is 0 Å². The molecular weight excluding hydrogens is 316 g/mol. The van der Waals surface area contributed by atoms with Gasteiger partial charge < -0.3 is 14.2 Å². The SMILES string of the molecule is CC(C)C1CC[C@@H](C)CC1OC(=O)COCCOCc1ccccc1. The Labute approximate surface area is 151 Å². The Morgan fingerprint density at radius 3 is 2.56 bits per heavy atom. The Bertz CT molecular complexity index is 500. The molecule has 4 heteroatoms. The fourth-order valence-corrected chi connectivity index (χ4v) is 3.49. The second-order valence-electron chi connectivity index (χ2n) is 7.45. The number of hydrogen-bond acceptors (Lipinski definition) is 4. The van der Waals surface area contributed by atoms with E-state index >= 15 is 0 Å². The van der Waals surface area contributed by atoms with E-state index in [9.17, 15) is 4.79 Å². The van der Waals surface area contributed by atoms with E-state index in [1.807, 2.05) is 30.3 Å². The van der Waals surface area contributed by atoms with Crippen LogP contribution in [0.5, 0.6) is 0 Å². The number of carbonyl (C=O) groups is 1. The number of esters is 1. The number of hydrogen-bond donors (Lipinski definition) is 0. The molecule has 2 rings (SSSR count). The zero-order chi connectivity index (χ0) is 18.1. The lowest BCUT2D eigenvalue weighted by atomic mass is 9.75. The summed E-state index contributed by atoms with van der Waals surface area (Å²) in [6, 6.07) is 10.0. The van der Waals surface area contributed by atoms with E-state index in [0.717, 1.165) is 18.4 Å². The fraction of sp³-hybridized carbons (Fsp3) is 0.667. The molecular formula is C21H32O4. The van der Waals surface area contributed by atoms with E-state index in [-0.39, 0.29) is 18.7 Å². The van der Waals surface area contributed by atoms with Gasteiger partial charge in [0.2, 0.25) is 0 Å². The molecule has 0 bridgehead atoms. The van der Waals surface area contributed by atoms with E-state index < -0.39 is 0 Å². The first kappa shape index (κ1) is 19.9. The molecule has 1 aromatic carbocycles. The largest absolute Gasteiger partial charge is 0.460 e. The number of ether oxygens (including phenoxy) is 3. The van der Waals surface area contributed by atoms with E-state index in [1.165, 1.54) is 6.42 Å². The summed E-state index contributed by atoms with van der Waals surface area (Å²) >= 11 is 0. The summed E-state index contributed by atoms with van der Waals surface area (Å²) < 4.78 is 16.6. The maximum Gasteiger partial charge on any atom is 0.332 e. The second kappa shape index (κ2) is 10.6. The molecule has 0 N–H and O–H groups in total. The maximum atomic E-state index is 12.1. The molecule has 1 fully saturated rings. The Hall–Kier alpha value is -1.39. The van der Waals surface area contributed by atoms with Crippen molar-refractivity contribution in [2.45, 2.75) is 52.7 Å². The minimum absolute atomic E-state index is 0.00436. The van der Waals surface area contributed by atoms with Crippen LogP contribution >= 0.6 is 0 Å². The van der Waals surface area contributed by atoms with Gasteiger partial charge in [-0.15, -0.1) is 0 Å². The summed E-state index contributed by atoms with van der Waals surface area (Å²) in [7, 11) is 0. The van der Waals surface area contributed by atoms with Gasteiger partial charge in [0.25, 0.3) is 0 Å². The van der Waals surface area contributed by atoms with E-state index in [4.69, 9.17) is 14.2 Å². The third-order valence-electron chi connectivity index (χ3n) is 4.95. The first-order chi connectivity index (χ1) is 12.1. The van der Waals surface area contributed by atoms with Gasteiger partial charge in [0.1, 0.15) is 12.7 Å². The van der Waals surface area contributed by atoms with Gasteiger partial charge in [0.05, 0.1) is 19.8 Å². The first-order valence-corrected chi connectivity index (χ1v) is 9.45. The van der Waals surface area contributed by atoms with Crippen LogP contribution in [0.25, 0.3) is 0 Å². The third-order valence-corrected chi connectivity index (χ3v) is 4.95. The second-order valence-corrected chi connectivity index (χ2v) is 7.45. The van der Waals surface area contributed by atoms with Gasteiger partial charge in [-0.3, -0.25) is 0 Å². The van der Waals surface area contributed by atoms with Crippen molar-refractivity contribution in [3.05, 3.63) is 35.9 Å². The minimum Gasteiger partial charge on any atom is -0.460 e. The Kier molecular flexibility index (Phi) is 8.42. The Morgan fingerprint density at radius 1 is 1.12 bits per heavy atom. The van der Waals surface area contributed by atoms with Crippen LogP contribution in [0.4, 0.5) is 0 Å². The summed E-state index contributed by atoms with van der Waals surface area (Å²) in [4.78, 5) is 12.1. The average Bonchev–Trinajstić information content (AvgIpc) is 2.58. The quantitative estimate of drug-likeness (QED) is 0.495. The highest BCUT2D eigenvalue weighted by Gasteiger charge is 2.33. The van der Waals surface area contributed by atoms with Crippen molar-refractivity contribution in [1.82, 2.24) is 0 Å². The van der Waals surface area contributed by atoms with Crippen LogP contribution in [0, 0.1) is 17.8 Å². The first-order valence-electron chi connectivity index (χ1n) is 9.45. The van der Waals surface area contributed by atoms with Crippen LogP contribution in [0.2, 0.25) is 0 Å². The van der Waals surface area contributed by atoms with Crippen LogP contribution in [0.3, 0.4) is 0 Å². The van der Waals surface area contributed by atoms with Crippen LogP contribution in [-0.2, 0) is 25.6 Å². The molecule has 0 aromatic heterocycles. The topological polar surface area (TPSA) is 44.8 Å². The molecule has 0 heterocycles. The predicted molar refractivity (Wildman–Crippen MR) is 98.1 cm³/mol. The van der Waals surface area contributed by atoms with E-state index in [2.05, 4.69) is 20.8 Å². The van der Waals surface area contributed by atoms with Crippen molar-refractivity contribution in [3.63, 3.8) is 0 Å². The van der Waals surface area contributed by atoms with Crippen molar-refractivity contribution in [2.75, 3.05) is 19.8 Å². The monoisotopic (exact) mass is 348 g/mol. The molecule has 2 unspecified atom stereocenters. The predicted octanol–water partition coefficient (Wildman–Crippen LogP) is 4.22. The summed E-state index contributed by atoms with van der Waals surface area (Å²) in [5.41, 5.74) is 1.13. The van der Waals surface area contributed by atoms with Crippen LogP contribution in [0.15, 0.2) is 30.3 Å². The van der Waals surface area contributed by atoms with Crippen molar-refractivity contribution in [1.29, 1.82) is 0 Å². The van der Waals surface area contributed by atoms with E-state index in [1.54, 1.807) is 0 Å². The van der Waals surface area contributed by atoms with E-state index in [0.29, 0.717) is 37.6 Å².